The van der Waals surface area contributed by atoms with Crippen molar-refractivity contribution < 1.29 is 9.90 Å². The van der Waals surface area contributed by atoms with E-state index < -0.39 is 6.17 Å². The fourth-order valence-corrected chi connectivity index (χ4v) is 3.29. The fourth-order valence-electron chi connectivity index (χ4n) is 3.05. The SMILES string of the molecule is O=C1c2ccccc2N[C@H](c2ccccc2Cl)N1c1ccc(O)cc1. The van der Waals surface area contributed by atoms with Gasteiger partial charge in [-0.05, 0) is 42.5 Å². The Morgan fingerprint density at radius 2 is 1.60 bits per heavy atom. The van der Waals surface area contributed by atoms with Crippen molar-refractivity contribution in [3.8, 4) is 5.75 Å². The van der Waals surface area contributed by atoms with Gasteiger partial charge in [-0.3, -0.25) is 9.69 Å². The molecule has 2 N–H and O–H groups in total. The quantitative estimate of drug-likeness (QED) is 0.697. The number of phenols is 1. The molecular formula is C20H15ClN2O2. The number of hydrogen-bond acceptors (Lipinski definition) is 3. The van der Waals surface area contributed by atoms with Gasteiger partial charge in [-0.2, -0.15) is 0 Å². The number of nitrogens with zero attached hydrogens (tertiary/aromatic N) is 1. The highest BCUT2D eigenvalue weighted by atomic mass is 35.5. The summed E-state index contributed by atoms with van der Waals surface area (Å²) < 4.78 is 0. The number of amides is 1. The number of fused-ring (bicyclic) bond motifs is 1. The summed E-state index contributed by atoms with van der Waals surface area (Å²) in [7, 11) is 0. The molecule has 0 radical (unpaired) electrons. The number of anilines is 2. The topological polar surface area (TPSA) is 52.6 Å². The summed E-state index contributed by atoms with van der Waals surface area (Å²) in [5, 5.41) is 13.6. The van der Waals surface area contributed by atoms with Crippen LogP contribution in [0.15, 0.2) is 72.8 Å². The van der Waals surface area contributed by atoms with Crippen LogP contribution in [0.1, 0.15) is 22.1 Å². The van der Waals surface area contributed by atoms with Crippen molar-refractivity contribution in [3.05, 3.63) is 88.9 Å². The molecule has 1 amide bonds. The minimum Gasteiger partial charge on any atom is -0.508 e. The first kappa shape index (κ1) is 15.5. The Morgan fingerprint density at radius 1 is 0.920 bits per heavy atom. The lowest BCUT2D eigenvalue weighted by molar-refractivity contribution is 0.0975. The number of carbonyl (C=O) groups is 1. The normalized spacial score (nSPS) is 16.3. The van der Waals surface area contributed by atoms with Crippen LogP contribution < -0.4 is 10.2 Å². The Labute approximate surface area is 150 Å². The second kappa shape index (κ2) is 6.15. The second-order valence-corrected chi connectivity index (χ2v) is 6.21. The predicted octanol–water partition coefficient (Wildman–Crippen LogP) is 4.82. The van der Waals surface area contributed by atoms with E-state index in [9.17, 15) is 9.90 Å². The van der Waals surface area contributed by atoms with Crippen molar-refractivity contribution >= 4 is 28.9 Å². The molecule has 1 aliphatic rings. The third-order valence-corrected chi connectivity index (χ3v) is 4.60. The summed E-state index contributed by atoms with van der Waals surface area (Å²) in [6.07, 6.45) is -0.444. The van der Waals surface area contributed by atoms with Crippen LogP contribution in [0.2, 0.25) is 5.02 Å². The van der Waals surface area contributed by atoms with Gasteiger partial charge in [-0.1, -0.05) is 41.9 Å². The van der Waals surface area contributed by atoms with E-state index in [4.69, 9.17) is 11.6 Å². The third kappa shape index (κ3) is 2.71. The zero-order valence-electron chi connectivity index (χ0n) is 13.2. The van der Waals surface area contributed by atoms with Crippen LogP contribution in [0, 0.1) is 0 Å². The molecule has 0 aromatic heterocycles. The largest absolute Gasteiger partial charge is 0.508 e. The number of rotatable bonds is 2. The van der Waals surface area contributed by atoms with Crippen molar-refractivity contribution in [1.82, 2.24) is 0 Å². The zero-order valence-corrected chi connectivity index (χ0v) is 13.9. The Balaban J connectivity index is 1.89. The maximum absolute atomic E-state index is 13.2. The van der Waals surface area contributed by atoms with Gasteiger partial charge >= 0.3 is 0 Å². The Morgan fingerprint density at radius 3 is 2.36 bits per heavy atom. The molecule has 124 valence electrons. The molecule has 0 spiro atoms. The van der Waals surface area contributed by atoms with Crippen LogP contribution in [0.4, 0.5) is 11.4 Å². The van der Waals surface area contributed by atoms with E-state index in [1.807, 2.05) is 36.4 Å². The molecule has 5 heteroatoms. The molecule has 1 atom stereocenters. The Bertz CT molecular complexity index is 940. The molecule has 25 heavy (non-hydrogen) atoms. The summed E-state index contributed by atoms with van der Waals surface area (Å²) in [6.45, 7) is 0. The van der Waals surface area contributed by atoms with E-state index >= 15 is 0 Å². The first-order valence-electron chi connectivity index (χ1n) is 7.88. The number of para-hydroxylation sites is 1. The van der Waals surface area contributed by atoms with Crippen molar-refractivity contribution in [1.29, 1.82) is 0 Å². The van der Waals surface area contributed by atoms with Gasteiger partial charge in [0.25, 0.3) is 5.91 Å². The number of hydrogen-bond donors (Lipinski definition) is 2. The fraction of sp³-hybridized carbons (Fsp3) is 0.0500. The van der Waals surface area contributed by atoms with Crippen LogP contribution >= 0.6 is 11.6 Å². The van der Waals surface area contributed by atoms with E-state index in [2.05, 4.69) is 5.32 Å². The Kier molecular flexibility index (Phi) is 3.82. The third-order valence-electron chi connectivity index (χ3n) is 4.25. The molecule has 1 aliphatic heterocycles. The van der Waals surface area contributed by atoms with Crippen LogP contribution in [0.3, 0.4) is 0 Å². The number of aromatic hydroxyl groups is 1. The molecule has 0 fully saturated rings. The lowest BCUT2D eigenvalue weighted by Crippen LogP contribution is -2.43. The number of carbonyl (C=O) groups excluding carboxylic acids is 1. The molecule has 0 saturated heterocycles. The van der Waals surface area contributed by atoms with E-state index in [0.29, 0.717) is 16.3 Å². The highest BCUT2D eigenvalue weighted by Gasteiger charge is 2.34. The van der Waals surface area contributed by atoms with Crippen molar-refractivity contribution in [2.45, 2.75) is 6.17 Å². The molecule has 0 saturated carbocycles. The first-order chi connectivity index (χ1) is 12.1. The molecule has 3 aromatic rings. The van der Waals surface area contributed by atoms with Gasteiger partial charge in [0.05, 0.1) is 5.56 Å². The lowest BCUT2D eigenvalue weighted by Gasteiger charge is -2.38. The minimum absolute atomic E-state index is 0.120. The minimum atomic E-state index is -0.444. The van der Waals surface area contributed by atoms with Gasteiger partial charge in [0, 0.05) is 22.0 Å². The summed E-state index contributed by atoms with van der Waals surface area (Å²) in [6, 6.07) is 21.4. The summed E-state index contributed by atoms with van der Waals surface area (Å²) in [4.78, 5) is 14.8. The van der Waals surface area contributed by atoms with Gasteiger partial charge < -0.3 is 10.4 Å². The molecule has 1 heterocycles. The molecule has 4 rings (SSSR count). The number of nitrogens with one attached hydrogen (secondary N) is 1. The van der Waals surface area contributed by atoms with E-state index in [1.54, 1.807) is 41.3 Å². The molecule has 0 bridgehead atoms. The molecule has 0 aliphatic carbocycles. The number of phenolic OH excluding ortho intramolecular Hbond substituents is 1. The Hall–Kier alpha value is -2.98. The molecule has 4 nitrogen and oxygen atoms in total. The summed E-state index contributed by atoms with van der Waals surface area (Å²) >= 11 is 6.39. The second-order valence-electron chi connectivity index (χ2n) is 5.81. The van der Waals surface area contributed by atoms with E-state index in [0.717, 1.165) is 11.3 Å². The van der Waals surface area contributed by atoms with Crippen LogP contribution in [-0.4, -0.2) is 11.0 Å². The highest BCUT2D eigenvalue weighted by Crippen LogP contribution is 2.38. The van der Waals surface area contributed by atoms with Gasteiger partial charge in [0.2, 0.25) is 0 Å². The van der Waals surface area contributed by atoms with Crippen molar-refractivity contribution in [2.24, 2.45) is 0 Å². The highest BCUT2D eigenvalue weighted by molar-refractivity contribution is 6.31. The van der Waals surface area contributed by atoms with E-state index in [1.165, 1.54) is 0 Å². The van der Waals surface area contributed by atoms with Gasteiger partial charge in [-0.25, -0.2) is 0 Å². The molecule has 3 aromatic carbocycles. The molecular weight excluding hydrogens is 336 g/mol. The zero-order chi connectivity index (χ0) is 17.4. The lowest BCUT2D eigenvalue weighted by atomic mass is 10.0. The van der Waals surface area contributed by atoms with Gasteiger partial charge in [-0.15, -0.1) is 0 Å². The van der Waals surface area contributed by atoms with E-state index in [-0.39, 0.29) is 11.7 Å². The maximum Gasteiger partial charge on any atom is 0.262 e. The number of halogens is 1. The smallest absolute Gasteiger partial charge is 0.262 e. The van der Waals surface area contributed by atoms with Gasteiger partial charge in [0.1, 0.15) is 11.9 Å². The van der Waals surface area contributed by atoms with Crippen molar-refractivity contribution in [3.63, 3.8) is 0 Å². The maximum atomic E-state index is 13.2. The monoisotopic (exact) mass is 350 g/mol. The average molecular weight is 351 g/mol. The number of benzene rings is 3. The standard InChI is InChI=1S/C20H15ClN2O2/c21-17-7-3-1-5-15(17)19-22-18-8-4-2-6-16(18)20(25)23(19)13-9-11-14(24)12-10-13/h1-12,19,22,24H/t19-/m0/s1. The predicted molar refractivity (Wildman–Crippen MR) is 99.2 cm³/mol. The van der Waals surface area contributed by atoms with Crippen molar-refractivity contribution in [2.75, 3.05) is 10.2 Å². The first-order valence-corrected chi connectivity index (χ1v) is 8.25. The molecule has 0 unspecified atom stereocenters. The van der Waals surface area contributed by atoms with Crippen LogP contribution in [0.25, 0.3) is 0 Å². The summed E-state index contributed by atoms with van der Waals surface area (Å²) in [5.41, 5.74) is 2.85. The van der Waals surface area contributed by atoms with Gasteiger partial charge in [0.15, 0.2) is 0 Å². The van der Waals surface area contributed by atoms with Crippen LogP contribution in [-0.2, 0) is 0 Å². The summed E-state index contributed by atoms with van der Waals surface area (Å²) in [5.74, 6) is 0.0285. The average Bonchev–Trinajstić information content (AvgIpc) is 2.63. The van der Waals surface area contributed by atoms with Crippen LogP contribution in [0.5, 0.6) is 5.75 Å².